The van der Waals surface area contributed by atoms with Crippen molar-refractivity contribution in [2.75, 3.05) is 12.4 Å². The molecule has 0 radical (unpaired) electrons. The zero-order chi connectivity index (χ0) is 10.2. The van der Waals surface area contributed by atoms with Crippen LogP contribution in [0.5, 0.6) is 0 Å². The Hall–Kier alpha value is -0.600. The molecule has 0 aliphatic carbocycles. The minimum Gasteiger partial charge on any atom is -0.312 e. The van der Waals surface area contributed by atoms with Gasteiger partial charge in [0, 0.05) is 24.8 Å². The highest BCUT2D eigenvalue weighted by atomic mass is 35.5. The predicted molar refractivity (Wildman–Crippen MR) is 60.4 cm³/mol. The first-order chi connectivity index (χ1) is 6.83. The van der Waals surface area contributed by atoms with Crippen LogP contribution in [0.4, 0.5) is 0 Å². The van der Waals surface area contributed by atoms with Gasteiger partial charge in [0.2, 0.25) is 0 Å². The molecule has 2 nitrogen and oxygen atoms in total. The van der Waals surface area contributed by atoms with Crippen LogP contribution in [0.3, 0.4) is 0 Å². The first-order valence-electron chi connectivity index (χ1n) is 4.98. The summed E-state index contributed by atoms with van der Waals surface area (Å²) in [6.45, 7) is 4.11. The van der Waals surface area contributed by atoms with Crippen molar-refractivity contribution in [1.82, 2.24) is 10.3 Å². The minimum absolute atomic E-state index is 0.643. The van der Waals surface area contributed by atoms with Crippen LogP contribution < -0.4 is 5.32 Å². The van der Waals surface area contributed by atoms with E-state index in [1.54, 1.807) is 6.20 Å². The molecule has 0 fully saturated rings. The van der Waals surface area contributed by atoms with Crippen LogP contribution in [0.1, 0.15) is 18.9 Å². The lowest BCUT2D eigenvalue weighted by atomic mass is 10.1. The molecular formula is C11H17ClN2. The first-order valence-corrected chi connectivity index (χ1v) is 5.52. The standard InChI is InChI=1S/C11H17ClN2/c1-10(4-5-12)7-14-9-11-3-2-6-13-8-11/h2-3,6,8,10,14H,4-5,7,9H2,1H3. The van der Waals surface area contributed by atoms with Gasteiger partial charge in [-0.15, -0.1) is 11.6 Å². The largest absolute Gasteiger partial charge is 0.312 e. The number of nitrogens with zero attached hydrogens (tertiary/aromatic N) is 1. The van der Waals surface area contributed by atoms with Gasteiger partial charge >= 0.3 is 0 Å². The highest BCUT2D eigenvalue weighted by Gasteiger charge is 1.99. The molecule has 0 aromatic carbocycles. The SMILES string of the molecule is CC(CCCl)CNCc1cccnc1. The Morgan fingerprint density at radius 1 is 1.57 bits per heavy atom. The molecule has 0 amide bonds. The molecule has 0 bridgehead atoms. The van der Waals surface area contributed by atoms with E-state index in [1.165, 1.54) is 5.56 Å². The number of hydrogen-bond donors (Lipinski definition) is 1. The maximum absolute atomic E-state index is 5.65. The third kappa shape index (κ3) is 4.58. The molecule has 1 aromatic rings. The maximum atomic E-state index is 5.65. The highest BCUT2D eigenvalue weighted by molar-refractivity contribution is 6.17. The molecule has 0 aliphatic heterocycles. The Kier molecular flexibility index (Phi) is 5.57. The molecule has 14 heavy (non-hydrogen) atoms. The molecule has 1 aromatic heterocycles. The van der Waals surface area contributed by atoms with E-state index in [9.17, 15) is 0 Å². The van der Waals surface area contributed by atoms with Crippen molar-refractivity contribution in [3.63, 3.8) is 0 Å². The number of alkyl halides is 1. The summed E-state index contributed by atoms with van der Waals surface area (Å²) in [7, 11) is 0. The number of nitrogens with one attached hydrogen (secondary N) is 1. The Balaban J connectivity index is 2.16. The number of pyridine rings is 1. The van der Waals surface area contributed by atoms with Gasteiger partial charge in [-0.25, -0.2) is 0 Å². The van der Waals surface area contributed by atoms with Crippen LogP contribution in [0.15, 0.2) is 24.5 Å². The second kappa shape index (κ2) is 6.80. The fourth-order valence-electron chi connectivity index (χ4n) is 1.25. The fourth-order valence-corrected chi connectivity index (χ4v) is 1.63. The lowest BCUT2D eigenvalue weighted by Crippen LogP contribution is -2.21. The van der Waals surface area contributed by atoms with Crippen molar-refractivity contribution in [3.05, 3.63) is 30.1 Å². The summed E-state index contributed by atoms with van der Waals surface area (Å²) in [5.41, 5.74) is 1.23. The lowest BCUT2D eigenvalue weighted by Gasteiger charge is -2.10. The van der Waals surface area contributed by atoms with Gasteiger partial charge in [-0.1, -0.05) is 13.0 Å². The van der Waals surface area contributed by atoms with Crippen molar-refractivity contribution in [2.24, 2.45) is 5.92 Å². The van der Waals surface area contributed by atoms with Gasteiger partial charge in [-0.3, -0.25) is 4.98 Å². The minimum atomic E-state index is 0.643. The normalized spacial score (nSPS) is 12.7. The van der Waals surface area contributed by atoms with Crippen LogP contribution in [0, 0.1) is 5.92 Å². The third-order valence-corrected chi connectivity index (χ3v) is 2.36. The quantitative estimate of drug-likeness (QED) is 0.733. The third-order valence-electron chi connectivity index (χ3n) is 2.15. The van der Waals surface area contributed by atoms with Crippen molar-refractivity contribution in [3.8, 4) is 0 Å². The van der Waals surface area contributed by atoms with Gasteiger partial charge in [-0.2, -0.15) is 0 Å². The summed E-state index contributed by atoms with van der Waals surface area (Å²) in [4.78, 5) is 4.06. The van der Waals surface area contributed by atoms with E-state index in [4.69, 9.17) is 11.6 Å². The summed E-state index contributed by atoms with van der Waals surface area (Å²) < 4.78 is 0. The van der Waals surface area contributed by atoms with E-state index >= 15 is 0 Å². The number of halogens is 1. The van der Waals surface area contributed by atoms with E-state index in [1.807, 2.05) is 12.3 Å². The van der Waals surface area contributed by atoms with Gasteiger partial charge in [0.25, 0.3) is 0 Å². The topological polar surface area (TPSA) is 24.9 Å². The lowest BCUT2D eigenvalue weighted by molar-refractivity contribution is 0.502. The Bertz CT molecular complexity index is 238. The highest BCUT2D eigenvalue weighted by Crippen LogP contribution is 2.02. The first kappa shape index (κ1) is 11.5. The molecule has 0 saturated heterocycles. The van der Waals surface area contributed by atoms with Crippen LogP contribution in [0.25, 0.3) is 0 Å². The summed E-state index contributed by atoms with van der Waals surface area (Å²) in [5, 5.41) is 3.39. The summed E-state index contributed by atoms with van der Waals surface area (Å²) in [5.74, 6) is 1.39. The van der Waals surface area contributed by atoms with Crippen LogP contribution >= 0.6 is 11.6 Å². The van der Waals surface area contributed by atoms with Crippen molar-refractivity contribution < 1.29 is 0 Å². The van der Waals surface area contributed by atoms with Crippen LogP contribution in [-0.4, -0.2) is 17.4 Å². The summed E-state index contributed by atoms with van der Waals surface area (Å²) in [6, 6.07) is 4.03. The molecule has 1 atom stereocenters. The van der Waals surface area contributed by atoms with Gasteiger partial charge in [0.1, 0.15) is 0 Å². The average molecular weight is 213 g/mol. The second-order valence-corrected chi connectivity index (χ2v) is 3.95. The zero-order valence-electron chi connectivity index (χ0n) is 8.54. The van der Waals surface area contributed by atoms with Crippen molar-refractivity contribution >= 4 is 11.6 Å². The number of aromatic nitrogens is 1. The fraction of sp³-hybridized carbons (Fsp3) is 0.545. The smallest absolute Gasteiger partial charge is 0.0312 e. The van der Waals surface area contributed by atoms with Gasteiger partial charge in [0.05, 0.1) is 0 Å². The molecular weight excluding hydrogens is 196 g/mol. The number of hydrogen-bond acceptors (Lipinski definition) is 2. The maximum Gasteiger partial charge on any atom is 0.0312 e. The molecule has 1 unspecified atom stereocenters. The van der Waals surface area contributed by atoms with Crippen LogP contribution in [-0.2, 0) is 6.54 Å². The van der Waals surface area contributed by atoms with E-state index in [-0.39, 0.29) is 0 Å². The van der Waals surface area contributed by atoms with Gasteiger partial charge in [0.15, 0.2) is 0 Å². The van der Waals surface area contributed by atoms with Gasteiger partial charge in [-0.05, 0) is 30.5 Å². The Morgan fingerprint density at radius 3 is 3.07 bits per heavy atom. The van der Waals surface area contributed by atoms with Gasteiger partial charge < -0.3 is 5.32 Å². The molecule has 3 heteroatoms. The Labute approximate surface area is 90.7 Å². The molecule has 1 heterocycles. The van der Waals surface area contributed by atoms with Crippen LogP contribution in [0.2, 0.25) is 0 Å². The molecule has 1 rings (SSSR count). The van der Waals surface area contributed by atoms with E-state index in [0.717, 1.165) is 25.4 Å². The summed E-state index contributed by atoms with van der Waals surface area (Å²) >= 11 is 5.65. The van der Waals surface area contributed by atoms with Crippen molar-refractivity contribution in [1.29, 1.82) is 0 Å². The Morgan fingerprint density at radius 2 is 2.43 bits per heavy atom. The zero-order valence-corrected chi connectivity index (χ0v) is 9.30. The predicted octanol–water partition coefficient (Wildman–Crippen LogP) is 2.44. The van der Waals surface area contributed by atoms with Crippen molar-refractivity contribution in [2.45, 2.75) is 19.9 Å². The molecule has 0 aliphatic rings. The van der Waals surface area contributed by atoms with E-state index in [0.29, 0.717) is 5.92 Å². The molecule has 0 spiro atoms. The summed E-state index contributed by atoms with van der Waals surface area (Å²) in [6.07, 6.45) is 4.75. The molecule has 78 valence electrons. The monoisotopic (exact) mass is 212 g/mol. The second-order valence-electron chi connectivity index (χ2n) is 3.58. The van der Waals surface area contributed by atoms with E-state index in [2.05, 4.69) is 23.3 Å². The molecule has 1 N–H and O–H groups in total. The number of rotatable bonds is 6. The average Bonchev–Trinajstić information content (AvgIpc) is 2.20. The van der Waals surface area contributed by atoms with E-state index < -0.39 is 0 Å². The molecule has 0 saturated carbocycles.